The zero-order valence-corrected chi connectivity index (χ0v) is 33.2. The molecule has 4 rings (SSSR count). The highest BCUT2D eigenvalue weighted by Crippen LogP contribution is 2.23. The Bertz CT molecular complexity index is 1400. The van der Waals surface area contributed by atoms with Crippen LogP contribution in [0.25, 0.3) is 0 Å². The summed E-state index contributed by atoms with van der Waals surface area (Å²) in [6.07, 6.45) is 31.2. The zero-order valence-electron chi connectivity index (χ0n) is 33.2. The molecule has 52 heavy (non-hydrogen) atoms. The van der Waals surface area contributed by atoms with Crippen LogP contribution in [0.2, 0.25) is 0 Å². The van der Waals surface area contributed by atoms with Gasteiger partial charge in [-0.1, -0.05) is 164 Å². The Hall–Kier alpha value is -3.52. The Morgan fingerprint density at radius 2 is 0.615 bits per heavy atom. The summed E-state index contributed by atoms with van der Waals surface area (Å²) in [4.78, 5) is 0. The van der Waals surface area contributed by atoms with Crippen LogP contribution in [0.5, 0.6) is 0 Å². The van der Waals surface area contributed by atoms with E-state index in [1.54, 1.807) is 11.1 Å². The van der Waals surface area contributed by atoms with Gasteiger partial charge in [0.1, 0.15) is 0 Å². The van der Waals surface area contributed by atoms with Crippen molar-refractivity contribution < 1.29 is 0 Å². The van der Waals surface area contributed by atoms with Crippen molar-refractivity contribution in [2.45, 2.75) is 168 Å². The van der Waals surface area contributed by atoms with Gasteiger partial charge in [0.15, 0.2) is 0 Å². The lowest BCUT2D eigenvalue weighted by atomic mass is 9.93. The number of hydrogen-bond donors (Lipinski definition) is 2. The van der Waals surface area contributed by atoms with Gasteiger partial charge in [-0.05, 0) is 133 Å². The Morgan fingerprint density at radius 1 is 0.308 bits per heavy atom. The van der Waals surface area contributed by atoms with Crippen molar-refractivity contribution in [1.82, 2.24) is 0 Å². The molecule has 0 heterocycles. The predicted molar refractivity (Wildman–Crippen MR) is 229 cm³/mol. The molecule has 4 N–H and O–H groups in total. The van der Waals surface area contributed by atoms with Gasteiger partial charge in [-0.25, -0.2) is 0 Å². The number of benzene rings is 4. The first-order valence-corrected chi connectivity index (χ1v) is 21.4. The molecule has 0 unspecified atom stereocenters. The Balaban J connectivity index is 1.04. The average molecular weight is 701 g/mol. The third-order valence-corrected chi connectivity index (χ3v) is 11.1. The molecule has 0 bridgehead atoms. The van der Waals surface area contributed by atoms with Crippen LogP contribution in [0.4, 0.5) is 11.4 Å². The number of unbranched alkanes of at least 4 members (excludes halogenated alkanes) is 15. The van der Waals surface area contributed by atoms with Crippen LogP contribution in [0.3, 0.4) is 0 Å². The lowest BCUT2D eigenvalue weighted by Crippen LogP contribution is -1.99. The van der Waals surface area contributed by atoms with E-state index in [9.17, 15) is 0 Å². The summed E-state index contributed by atoms with van der Waals surface area (Å²) in [6, 6.07) is 31.5. The quantitative estimate of drug-likeness (QED) is 0.0480. The van der Waals surface area contributed by atoms with Crippen LogP contribution < -0.4 is 11.5 Å². The van der Waals surface area contributed by atoms with Gasteiger partial charge in [0.05, 0.1) is 0 Å². The lowest BCUT2D eigenvalue weighted by molar-refractivity contribution is 0.540. The molecule has 0 spiro atoms. The summed E-state index contributed by atoms with van der Waals surface area (Å²) < 4.78 is 0. The standard InChI is InChI=1S/C50H72N2/c1-3-5-17-23-45-37-41(25-31-47(45)39-43-27-33-49(51)34-28-43)21-19-15-13-11-9-7-8-10-12-14-16-20-22-42-26-32-48(46(38-42)24-18-6-4-2)40-44-29-35-50(52)36-30-44/h25-38H,3-24,39-40,51-52H2,1-2H3. The smallest absolute Gasteiger partial charge is 0.0314 e. The molecule has 0 saturated heterocycles. The van der Waals surface area contributed by atoms with Gasteiger partial charge >= 0.3 is 0 Å². The predicted octanol–water partition coefficient (Wildman–Crippen LogP) is 14.0. The van der Waals surface area contributed by atoms with Crippen molar-refractivity contribution in [3.05, 3.63) is 129 Å². The fourth-order valence-corrected chi connectivity index (χ4v) is 7.75. The van der Waals surface area contributed by atoms with Gasteiger partial charge in [-0.3, -0.25) is 0 Å². The minimum absolute atomic E-state index is 0.843. The molecule has 0 amide bonds. The number of hydrogen-bond acceptors (Lipinski definition) is 2. The van der Waals surface area contributed by atoms with Crippen molar-refractivity contribution in [3.63, 3.8) is 0 Å². The zero-order chi connectivity index (χ0) is 36.6. The van der Waals surface area contributed by atoms with Gasteiger partial charge in [0.2, 0.25) is 0 Å². The normalized spacial score (nSPS) is 11.3. The summed E-state index contributed by atoms with van der Waals surface area (Å²) in [6.45, 7) is 4.59. The molecular weight excluding hydrogens is 629 g/mol. The Labute approximate surface area is 319 Å². The average Bonchev–Trinajstić information content (AvgIpc) is 3.15. The first kappa shape index (κ1) is 41.2. The maximum absolute atomic E-state index is 5.92. The van der Waals surface area contributed by atoms with Crippen molar-refractivity contribution in [2.24, 2.45) is 0 Å². The fourth-order valence-electron chi connectivity index (χ4n) is 7.75. The largest absolute Gasteiger partial charge is 0.399 e. The molecule has 2 nitrogen and oxygen atoms in total. The molecule has 0 fully saturated rings. The molecular formula is C50H72N2. The number of rotatable bonds is 27. The minimum Gasteiger partial charge on any atom is -0.399 e. The van der Waals surface area contributed by atoms with Gasteiger partial charge < -0.3 is 11.5 Å². The third kappa shape index (κ3) is 16.0. The molecule has 0 saturated carbocycles. The van der Waals surface area contributed by atoms with Crippen molar-refractivity contribution in [3.8, 4) is 0 Å². The molecule has 0 aliphatic carbocycles. The minimum atomic E-state index is 0.843. The van der Waals surface area contributed by atoms with Gasteiger partial charge in [-0.15, -0.1) is 0 Å². The van der Waals surface area contributed by atoms with Crippen LogP contribution in [-0.4, -0.2) is 0 Å². The SMILES string of the molecule is CCCCCc1cc(CCCCCCCCCCCCCCc2ccc(Cc3ccc(N)cc3)c(CCCCC)c2)ccc1Cc1ccc(N)cc1. The topological polar surface area (TPSA) is 52.0 Å². The van der Waals surface area contributed by atoms with E-state index in [4.69, 9.17) is 11.5 Å². The van der Waals surface area contributed by atoms with E-state index in [0.29, 0.717) is 0 Å². The highest BCUT2D eigenvalue weighted by Gasteiger charge is 2.08. The van der Waals surface area contributed by atoms with Crippen LogP contribution >= 0.6 is 0 Å². The van der Waals surface area contributed by atoms with Crippen LogP contribution in [-0.2, 0) is 38.5 Å². The molecule has 0 atom stereocenters. The maximum Gasteiger partial charge on any atom is 0.0314 e. The monoisotopic (exact) mass is 701 g/mol. The number of aryl methyl sites for hydroxylation is 4. The van der Waals surface area contributed by atoms with Gasteiger partial charge in [0.25, 0.3) is 0 Å². The van der Waals surface area contributed by atoms with E-state index in [0.717, 1.165) is 24.2 Å². The van der Waals surface area contributed by atoms with Crippen molar-refractivity contribution in [1.29, 1.82) is 0 Å². The van der Waals surface area contributed by atoms with E-state index in [1.165, 1.54) is 175 Å². The van der Waals surface area contributed by atoms with E-state index in [2.05, 4.69) is 74.5 Å². The molecule has 0 aromatic heterocycles. The number of nitrogens with two attached hydrogens (primary N) is 2. The highest BCUT2D eigenvalue weighted by atomic mass is 14.5. The summed E-state index contributed by atoms with van der Waals surface area (Å²) in [5.74, 6) is 0. The molecule has 282 valence electrons. The molecule has 0 aliphatic heterocycles. The number of anilines is 2. The van der Waals surface area contributed by atoms with Crippen LogP contribution in [0.1, 0.15) is 174 Å². The third-order valence-electron chi connectivity index (χ3n) is 11.1. The molecule has 0 aliphatic rings. The lowest BCUT2D eigenvalue weighted by Gasteiger charge is -2.13. The number of nitrogen functional groups attached to an aromatic ring is 2. The highest BCUT2D eigenvalue weighted by molar-refractivity contribution is 5.43. The molecule has 0 radical (unpaired) electrons. The molecule has 2 heteroatoms. The van der Waals surface area contributed by atoms with E-state index in [-0.39, 0.29) is 0 Å². The molecule has 4 aromatic rings. The molecule has 4 aromatic carbocycles. The van der Waals surface area contributed by atoms with Crippen molar-refractivity contribution in [2.75, 3.05) is 11.5 Å². The van der Waals surface area contributed by atoms with Crippen LogP contribution in [0.15, 0.2) is 84.9 Å². The Kier molecular flexibility index (Phi) is 19.6. The van der Waals surface area contributed by atoms with Crippen LogP contribution in [0, 0.1) is 0 Å². The second-order valence-electron chi connectivity index (χ2n) is 15.7. The van der Waals surface area contributed by atoms with E-state index >= 15 is 0 Å². The Morgan fingerprint density at radius 3 is 0.962 bits per heavy atom. The summed E-state index contributed by atoms with van der Waals surface area (Å²) in [5, 5.41) is 0. The summed E-state index contributed by atoms with van der Waals surface area (Å²) in [7, 11) is 0. The van der Waals surface area contributed by atoms with E-state index < -0.39 is 0 Å². The van der Waals surface area contributed by atoms with Gasteiger partial charge in [-0.2, -0.15) is 0 Å². The van der Waals surface area contributed by atoms with Crippen molar-refractivity contribution >= 4 is 11.4 Å². The summed E-state index contributed by atoms with van der Waals surface area (Å²) >= 11 is 0. The maximum atomic E-state index is 5.92. The second-order valence-corrected chi connectivity index (χ2v) is 15.7. The summed E-state index contributed by atoms with van der Waals surface area (Å²) in [5.41, 5.74) is 25.4. The second kappa shape index (κ2) is 24.7. The van der Waals surface area contributed by atoms with Gasteiger partial charge in [0, 0.05) is 11.4 Å². The first-order chi connectivity index (χ1) is 25.5. The van der Waals surface area contributed by atoms with E-state index in [1.807, 2.05) is 24.3 Å². The first-order valence-electron chi connectivity index (χ1n) is 21.4. The fraction of sp³-hybridized carbons (Fsp3) is 0.520.